The number of rotatable bonds is 2. The predicted octanol–water partition coefficient (Wildman–Crippen LogP) is 3.91. The van der Waals surface area contributed by atoms with Gasteiger partial charge in [-0.1, -0.05) is 54.6 Å². The average Bonchev–Trinajstić information content (AvgIpc) is 2.51. The van der Waals surface area contributed by atoms with Crippen molar-refractivity contribution in [3.05, 3.63) is 77.0 Å². The molecule has 0 radical (unpaired) electrons. The summed E-state index contributed by atoms with van der Waals surface area (Å²) in [6, 6.07) is 17.3. The third-order valence-electron chi connectivity index (χ3n) is 3.89. The van der Waals surface area contributed by atoms with Crippen LogP contribution in [-0.4, -0.2) is 6.30 Å². The van der Waals surface area contributed by atoms with Gasteiger partial charge in [0.25, 0.3) is 0 Å². The molecule has 3 rings (SSSR count). The maximum Gasteiger partial charge on any atom is 0.194 e. The van der Waals surface area contributed by atoms with Crippen molar-refractivity contribution >= 4 is 5.70 Å². The molecule has 0 amide bonds. The molecule has 0 saturated carbocycles. The number of hydrogen-bond acceptors (Lipinski definition) is 2. The molecule has 2 aromatic rings. The van der Waals surface area contributed by atoms with E-state index in [1.54, 1.807) is 0 Å². The molecule has 0 spiro atoms. The zero-order chi connectivity index (χ0) is 14.8. The van der Waals surface area contributed by atoms with E-state index >= 15 is 0 Å². The molecular formula is C18H19FN2. The van der Waals surface area contributed by atoms with Gasteiger partial charge in [-0.15, -0.1) is 0 Å². The van der Waals surface area contributed by atoms with Gasteiger partial charge >= 0.3 is 0 Å². The zero-order valence-electron chi connectivity index (χ0n) is 12.2. The first-order chi connectivity index (χ1) is 10.2. The summed E-state index contributed by atoms with van der Waals surface area (Å²) in [7, 11) is 0. The van der Waals surface area contributed by atoms with Crippen molar-refractivity contribution in [3.63, 3.8) is 0 Å². The zero-order valence-corrected chi connectivity index (χ0v) is 12.2. The number of benzene rings is 2. The third-order valence-corrected chi connectivity index (χ3v) is 3.89. The summed E-state index contributed by atoms with van der Waals surface area (Å²) >= 11 is 0. The van der Waals surface area contributed by atoms with Crippen LogP contribution >= 0.6 is 0 Å². The summed E-state index contributed by atoms with van der Waals surface area (Å²) in [6.07, 6.45) is -1.16. The largest absolute Gasteiger partial charge is 0.376 e. The highest BCUT2D eigenvalue weighted by atomic mass is 19.1. The van der Waals surface area contributed by atoms with E-state index in [9.17, 15) is 4.39 Å². The Morgan fingerprint density at radius 2 is 1.52 bits per heavy atom. The van der Waals surface area contributed by atoms with Crippen LogP contribution in [0.5, 0.6) is 0 Å². The monoisotopic (exact) mass is 282 g/mol. The van der Waals surface area contributed by atoms with E-state index in [0.717, 1.165) is 28.1 Å². The lowest BCUT2D eigenvalue weighted by atomic mass is 9.99. The highest BCUT2D eigenvalue weighted by Crippen LogP contribution is 2.29. The van der Waals surface area contributed by atoms with Crippen LogP contribution in [-0.2, 0) is 0 Å². The molecule has 0 aromatic heterocycles. The van der Waals surface area contributed by atoms with Gasteiger partial charge in [0, 0.05) is 11.3 Å². The maximum absolute atomic E-state index is 14.6. The minimum Gasteiger partial charge on any atom is -0.376 e. The van der Waals surface area contributed by atoms with Gasteiger partial charge in [-0.2, -0.15) is 0 Å². The van der Waals surface area contributed by atoms with E-state index in [-0.39, 0.29) is 6.04 Å². The Bertz CT molecular complexity index is 664. The summed E-state index contributed by atoms with van der Waals surface area (Å²) in [5.41, 5.74) is 4.92. The minimum atomic E-state index is -1.16. The Morgan fingerprint density at radius 1 is 0.857 bits per heavy atom. The fraction of sp³-hybridized carbons (Fsp3) is 0.222. The van der Waals surface area contributed by atoms with Crippen molar-refractivity contribution in [2.24, 2.45) is 0 Å². The maximum atomic E-state index is 14.6. The molecule has 2 aromatic carbocycles. The third kappa shape index (κ3) is 2.64. The Hall–Kier alpha value is -2.29. The van der Waals surface area contributed by atoms with Gasteiger partial charge in [0.2, 0.25) is 0 Å². The van der Waals surface area contributed by atoms with Crippen molar-refractivity contribution in [1.29, 1.82) is 0 Å². The van der Waals surface area contributed by atoms with E-state index in [1.165, 1.54) is 0 Å². The van der Waals surface area contributed by atoms with Crippen molar-refractivity contribution in [1.82, 2.24) is 10.6 Å². The first-order valence-electron chi connectivity index (χ1n) is 7.16. The van der Waals surface area contributed by atoms with Crippen LogP contribution in [0.25, 0.3) is 5.70 Å². The summed E-state index contributed by atoms with van der Waals surface area (Å²) in [6.45, 7) is 4.02. The van der Waals surface area contributed by atoms with Gasteiger partial charge in [0.05, 0.1) is 5.70 Å². The summed E-state index contributed by atoms with van der Waals surface area (Å²) in [4.78, 5) is 0. The Morgan fingerprint density at radius 3 is 2.24 bits per heavy atom. The highest BCUT2D eigenvalue weighted by molar-refractivity contribution is 5.70. The second kappa shape index (κ2) is 5.60. The summed E-state index contributed by atoms with van der Waals surface area (Å²) in [5, 5.41) is 6.32. The molecule has 21 heavy (non-hydrogen) atoms. The minimum absolute atomic E-state index is 0.362. The fourth-order valence-corrected chi connectivity index (χ4v) is 2.75. The molecule has 2 N–H and O–H groups in total. The van der Waals surface area contributed by atoms with Crippen molar-refractivity contribution in [3.8, 4) is 0 Å². The molecule has 0 bridgehead atoms. The smallest absolute Gasteiger partial charge is 0.194 e. The molecule has 2 unspecified atom stereocenters. The first-order valence-corrected chi connectivity index (χ1v) is 7.16. The lowest BCUT2D eigenvalue weighted by Crippen LogP contribution is -2.43. The Balaban J connectivity index is 1.95. The van der Waals surface area contributed by atoms with Gasteiger partial charge < -0.3 is 10.6 Å². The van der Waals surface area contributed by atoms with E-state index < -0.39 is 6.30 Å². The van der Waals surface area contributed by atoms with Gasteiger partial charge in [0.1, 0.15) is 6.04 Å². The van der Waals surface area contributed by atoms with E-state index in [2.05, 4.69) is 10.6 Å². The lowest BCUT2D eigenvalue weighted by molar-refractivity contribution is 0.227. The fourth-order valence-electron chi connectivity index (χ4n) is 2.75. The molecule has 0 aliphatic carbocycles. The van der Waals surface area contributed by atoms with Crippen LogP contribution in [0.15, 0.2) is 60.3 Å². The molecule has 108 valence electrons. The topological polar surface area (TPSA) is 24.1 Å². The van der Waals surface area contributed by atoms with Gasteiger partial charge in [-0.25, -0.2) is 4.39 Å². The molecular weight excluding hydrogens is 263 g/mol. The second-order valence-electron chi connectivity index (χ2n) is 5.39. The number of alkyl halides is 1. The molecule has 2 nitrogen and oxygen atoms in total. The SMILES string of the molecule is CC1=C(c2ccccc2C)NC(F)C(c2ccccc2)N1. The lowest BCUT2D eigenvalue weighted by Gasteiger charge is -2.33. The van der Waals surface area contributed by atoms with Crippen LogP contribution < -0.4 is 10.6 Å². The molecule has 0 fully saturated rings. The molecule has 2 atom stereocenters. The van der Waals surface area contributed by atoms with Crippen molar-refractivity contribution in [2.45, 2.75) is 26.2 Å². The van der Waals surface area contributed by atoms with Crippen LogP contribution in [0.2, 0.25) is 0 Å². The summed E-state index contributed by atoms with van der Waals surface area (Å²) in [5.74, 6) is 0. The Labute approximate surface area is 124 Å². The Kier molecular flexibility index (Phi) is 3.65. The number of nitrogens with one attached hydrogen (secondary N) is 2. The van der Waals surface area contributed by atoms with Crippen LogP contribution in [0.3, 0.4) is 0 Å². The summed E-state index contributed by atoms with van der Waals surface area (Å²) < 4.78 is 14.6. The van der Waals surface area contributed by atoms with E-state index in [0.29, 0.717) is 0 Å². The molecule has 3 heteroatoms. The number of halogens is 1. The van der Waals surface area contributed by atoms with E-state index in [4.69, 9.17) is 0 Å². The van der Waals surface area contributed by atoms with Crippen molar-refractivity contribution < 1.29 is 4.39 Å². The standard InChI is InChI=1S/C18H19FN2/c1-12-8-6-7-11-15(12)16-13(2)20-17(18(19)21-16)14-9-4-3-5-10-14/h3-11,17-18,20-21H,1-2H3. The quantitative estimate of drug-likeness (QED) is 0.816. The average molecular weight is 282 g/mol. The van der Waals surface area contributed by atoms with Gasteiger partial charge in [0.15, 0.2) is 6.30 Å². The van der Waals surface area contributed by atoms with Crippen LogP contribution in [0.1, 0.15) is 29.7 Å². The highest BCUT2D eigenvalue weighted by Gasteiger charge is 2.29. The van der Waals surface area contributed by atoms with E-state index in [1.807, 2.05) is 68.4 Å². The molecule has 1 aliphatic rings. The predicted molar refractivity (Wildman–Crippen MR) is 84.1 cm³/mol. The second-order valence-corrected chi connectivity index (χ2v) is 5.39. The first kappa shape index (κ1) is 13.7. The van der Waals surface area contributed by atoms with Crippen LogP contribution in [0.4, 0.5) is 4.39 Å². The van der Waals surface area contributed by atoms with Gasteiger partial charge in [-0.3, -0.25) is 0 Å². The number of allylic oxidation sites excluding steroid dienone is 1. The number of aryl methyl sites for hydroxylation is 1. The van der Waals surface area contributed by atoms with Gasteiger partial charge in [-0.05, 0) is 25.0 Å². The molecule has 1 aliphatic heterocycles. The van der Waals surface area contributed by atoms with Crippen molar-refractivity contribution in [2.75, 3.05) is 0 Å². The normalized spacial score (nSPS) is 21.7. The molecule has 1 heterocycles. The number of hydrogen-bond donors (Lipinski definition) is 2. The van der Waals surface area contributed by atoms with Crippen LogP contribution in [0, 0.1) is 6.92 Å². The molecule has 0 saturated heterocycles.